The van der Waals surface area contributed by atoms with Crippen molar-refractivity contribution in [3.8, 4) is 5.75 Å². The zero-order valence-corrected chi connectivity index (χ0v) is 18.5. The van der Waals surface area contributed by atoms with E-state index in [4.69, 9.17) is 5.14 Å². The number of benzene rings is 2. The van der Waals surface area contributed by atoms with Gasteiger partial charge in [-0.05, 0) is 79.9 Å². The Labute approximate surface area is 185 Å². The molecule has 158 valence electrons. The van der Waals surface area contributed by atoms with E-state index in [-0.39, 0.29) is 30.8 Å². The second kappa shape index (κ2) is 7.80. The molecule has 0 radical (unpaired) electrons. The van der Waals surface area contributed by atoms with E-state index in [0.717, 1.165) is 30.3 Å². The highest BCUT2D eigenvalue weighted by Crippen LogP contribution is 2.36. The van der Waals surface area contributed by atoms with Gasteiger partial charge in [0.25, 0.3) is 5.91 Å². The second-order valence-corrected chi connectivity index (χ2v) is 9.26. The minimum atomic E-state index is -4.93. The first-order chi connectivity index (χ1) is 13.8. The molecule has 1 heterocycles. The van der Waals surface area contributed by atoms with E-state index in [1.54, 1.807) is 0 Å². The summed E-state index contributed by atoms with van der Waals surface area (Å²) in [6.45, 7) is 0. The Bertz CT molecular complexity index is 1190. The van der Waals surface area contributed by atoms with Crippen LogP contribution in [0.1, 0.15) is 5.56 Å². The number of rotatable bonds is 3. The standard InChI is InChI=1S/C17H10Br2F3N3O4S/c18-12-6-8(7-13(19)14(12)26)5-11-15(17(20,21)22)24-25(16(11)27)9-1-3-10(4-2-9)30(23,28)29/h1-7,26H,(H2,23,28,29). The number of hydrazone groups is 1. The molecule has 0 unspecified atom stereocenters. The predicted molar refractivity (Wildman–Crippen MR) is 110 cm³/mol. The number of anilines is 1. The van der Waals surface area contributed by atoms with Gasteiger partial charge in [-0.3, -0.25) is 4.79 Å². The van der Waals surface area contributed by atoms with Crippen molar-refractivity contribution in [3.05, 3.63) is 56.5 Å². The van der Waals surface area contributed by atoms with Crippen LogP contribution in [0.25, 0.3) is 6.08 Å². The number of phenols is 1. The summed E-state index contributed by atoms with van der Waals surface area (Å²) in [5.74, 6) is -1.22. The van der Waals surface area contributed by atoms with Crippen LogP contribution in [0.5, 0.6) is 5.75 Å². The minimum Gasteiger partial charge on any atom is -0.506 e. The van der Waals surface area contributed by atoms with Crippen molar-refractivity contribution in [2.45, 2.75) is 11.1 Å². The fourth-order valence-corrected chi connectivity index (χ4v) is 4.28. The van der Waals surface area contributed by atoms with Crippen molar-refractivity contribution in [2.24, 2.45) is 10.2 Å². The average Bonchev–Trinajstić information content (AvgIpc) is 2.96. The first kappa shape index (κ1) is 22.5. The molecule has 13 heteroatoms. The third-order valence-corrected chi connectivity index (χ3v) is 6.04. The van der Waals surface area contributed by atoms with Gasteiger partial charge < -0.3 is 5.11 Å². The lowest BCUT2D eigenvalue weighted by Crippen LogP contribution is -2.25. The number of halogens is 5. The van der Waals surface area contributed by atoms with Crippen molar-refractivity contribution in [1.82, 2.24) is 0 Å². The highest BCUT2D eigenvalue weighted by Gasteiger charge is 2.46. The van der Waals surface area contributed by atoms with Crippen molar-refractivity contribution < 1.29 is 31.5 Å². The van der Waals surface area contributed by atoms with Gasteiger partial charge >= 0.3 is 6.18 Å². The molecule has 2 aromatic rings. The van der Waals surface area contributed by atoms with Crippen molar-refractivity contribution in [2.75, 3.05) is 5.01 Å². The SMILES string of the molecule is NS(=O)(=O)c1ccc(N2N=C(C(F)(F)F)C(=Cc3cc(Br)c(O)c(Br)c3)C2=O)cc1. The summed E-state index contributed by atoms with van der Waals surface area (Å²) in [5, 5.41) is 18.7. The third kappa shape index (κ3) is 4.43. The number of sulfonamides is 1. The summed E-state index contributed by atoms with van der Waals surface area (Å²) < 4.78 is 63.6. The normalized spacial score (nSPS) is 16.3. The number of phenolic OH excluding ortho intramolecular Hbond substituents is 1. The molecule has 30 heavy (non-hydrogen) atoms. The summed E-state index contributed by atoms with van der Waals surface area (Å²) in [5.41, 5.74) is -2.02. The number of amides is 1. The lowest BCUT2D eigenvalue weighted by Gasteiger charge is -2.12. The molecule has 7 nitrogen and oxygen atoms in total. The molecule has 0 atom stereocenters. The molecule has 0 aliphatic carbocycles. The number of hydrogen-bond donors (Lipinski definition) is 2. The summed E-state index contributed by atoms with van der Waals surface area (Å²) in [4.78, 5) is 12.4. The largest absolute Gasteiger partial charge is 0.506 e. The predicted octanol–water partition coefficient (Wildman–Crippen LogP) is 3.91. The Morgan fingerprint density at radius 3 is 2.10 bits per heavy atom. The smallest absolute Gasteiger partial charge is 0.435 e. The average molecular weight is 569 g/mol. The molecule has 1 amide bonds. The topological polar surface area (TPSA) is 113 Å². The molecule has 1 aliphatic rings. The maximum Gasteiger partial charge on any atom is 0.435 e. The van der Waals surface area contributed by atoms with E-state index >= 15 is 0 Å². The number of primary sulfonamides is 1. The zero-order chi connectivity index (χ0) is 22.4. The second-order valence-electron chi connectivity index (χ2n) is 5.99. The fraction of sp³-hybridized carbons (Fsp3) is 0.0588. The summed E-state index contributed by atoms with van der Waals surface area (Å²) in [6.07, 6.45) is -3.94. The molecule has 0 spiro atoms. The van der Waals surface area contributed by atoms with Gasteiger partial charge in [-0.25, -0.2) is 13.6 Å². The molecule has 3 N–H and O–H groups in total. The number of alkyl halides is 3. The molecule has 3 rings (SSSR count). The van der Waals surface area contributed by atoms with Gasteiger partial charge in [0.15, 0.2) is 5.71 Å². The van der Waals surface area contributed by atoms with Crippen LogP contribution in [-0.4, -0.2) is 31.3 Å². The summed E-state index contributed by atoms with van der Waals surface area (Å²) in [7, 11) is -4.01. The molecule has 1 aliphatic heterocycles. The number of carbonyl (C=O) groups is 1. The van der Waals surface area contributed by atoms with Gasteiger partial charge in [0.2, 0.25) is 10.0 Å². The number of aromatic hydroxyl groups is 1. The number of hydrogen-bond acceptors (Lipinski definition) is 5. The number of carbonyl (C=O) groups excluding carboxylic acids is 1. The summed E-state index contributed by atoms with van der Waals surface area (Å²) in [6, 6.07) is 7.00. The van der Waals surface area contributed by atoms with E-state index in [1.165, 1.54) is 12.1 Å². The van der Waals surface area contributed by atoms with Crippen LogP contribution in [0, 0.1) is 0 Å². The molecule has 0 saturated heterocycles. The Morgan fingerprint density at radius 2 is 1.63 bits per heavy atom. The van der Waals surface area contributed by atoms with Crippen molar-refractivity contribution >= 4 is 65.3 Å². The number of nitrogens with two attached hydrogens (primary N) is 1. The van der Waals surface area contributed by atoms with Crippen LogP contribution in [0.2, 0.25) is 0 Å². The van der Waals surface area contributed by atoms with Crippen molar-refractivity contribution in [1.29, 1.82) is 0 Å². The van der Waals surface area contributed by atoms with Gasteiger partial charge in [0.05, 0.1) is 25.1 Å². The van der Waals surface area contributed by atoms with Gasteiger partial charge in [-0.1, -0.05) is 0 Å². The van der Waals surface area contributed by atoms with E-state index in [2.05, 4.69) is 37.0 Å². The molecule has 0 fully saturated rings. The molecule has 0 saturated carbocycles. The Hall–Kier alpha value is -2.22. The highest BCUT2D eigenvalue weighted by molar-refractivity contribution is 9.11. The van der Waals surface area contributed by atoms with Gasteiger partial charge in [-0.2, -0.15) is 23.3 Å². The Kier molecular flexibility index (Phi) is 5.84. The van der Waals surface area contributed by atoms with Crippen molar-refractivity contribution in [3.63, 3.8) is 0 Å². The van der Waals surface area contributed by atoms with E-state index in [1.807, 2.05) is 0 Å². The Morgan fingerprint density at radius 1 is 1.10 bits per heavy atom. The first-order valence-corrected chi connectivity index (χ1v) is 11.0. The van der Waals surface area contributed by atoms with E-state index < -0.39 is 33.4 Å². The lowest BCUT2D eigenvalue weighted by atomic mass is 10.1. The quantitative estimate of drug-likeness (QED) is 0.546. The van der Waals surface area contributed by atoms with Gasteiger partial charge in [0.1, 0.15) is 5.75 Å². The molecular weight excluding hydrogens is 559 g/mol. The fourth-order valence-electron chi connectivity index (χ4n) is 2.54. The molecule has 0 aromatic heterocycles. The molecule has 2 aromatic carbocycles. The maximum absolute atomic E-state index is 13.5. The van der Waals surface area contributed by atoms with Crippen LogP contribution in [0.3, 0.4) is 0 Å². The minimum absolute atomic E-state index is 0.0781. The van der Waals surface area contributed by atoms with Crippen LogP contribution in [-0.2, 0) is 14.8 Å². The Balaban J connectivity index is 2.08. The monoisotopic (exact) mass is 567 g/mol. The zero-order valence-electron chi connectivity index (χ0n) is 14.5. The van der Waals surface area contributed by atoms with Crippen LogP contribution in [0.4, 0.5) is 18.9 Å². The van der Waals surface area contributed by atoms with Gasteiger partial charge in [0, 0.05) is 0 Å². The molecular formula is C17H10Br2F3N3O4S. The third-order valence-electron chi connectivity index (χ3n) is 3.91. The first-order valence-electron chi connectivity index (χ1n) is 7.82. The van der Waals surface area contributed by atoms with E-state index in [9.17, 15) is 31.5 Å². The summed E-state index contributed by atoms with van der Waals surface area (Å²) >= 11 is 6.14. The van der Waals surface area contributed by atoms with Crippen LogP contribution >= 0.6 is 31.9 Å². The number of nitrogens with zero attached hydrogens (tertiary/aromatic N) is 2. The maximum atomic E-state index is 13.5. The van der Waals surface area contributed by atoms with Gasteiger partial charge in [-0.15, -0.1) is 0 Å². The van der Waals surface area contributed by atoms with Crippen LogP contribution < -0.4 is 10.1 Å². The van der Waals surface area contributed by atoms with Crippen LogP contribution in [0.15, 0.2) is 60.9 Å². The van der Waals surface area contributed by atoms with E-state index in [0.29, 0.717) is 5.01 Å². The lowest BCUT2D eigenvalue weighted by molar-refractivity contribution is -0.114. The molecule has 0 bridgehead atoms. The highest BCUT2D eigenvalue weighted by atomic mass is 79.9.